The summed E-state index contributed by atoms with van der Waals surface area (Å²) in [6, 6.07) is 5.66. The summed E-state index contributed by atoms with van der Waals surface area (Å²) in [5.41, 5.74) is 1.48. The van der Waals surface area contributed by atoms with Gasteiger partial charge in [-0.05, 0) is 25.0 Å². The summed E-state index contributed by atoms with van der Waals surface area (Å²) in [4.78, 5) is 4.19. The average molecular weight is 234 g/mol. The largest absolute Gasteiger partial charge is 0.411 e. The molecule has 0 radical (unpaired) electrons. The number of hydrogen-bond donors (Lipinski definition) is 1. The molecule has 17 heavy (non-hydrogen) atoms. The smallest absolute Gasteiger partial charge is 0.105 e. The monoisotopic (exact) mass is 234 g/mol. The number of hydrogen-bond acceptors (Lipinski definition) is 3. The van der Waals surface area contributed by atoms with E-state index in [-0.39, 0.29) is 0 Å². The summed E-state index contributed by atoms with van der Waals surface area (Å²) in [6.45, 7) is 2.22. The van der Waals surface area contributed by atoms with Crippen LogP contribution in [0.3, 0.4) is 0 Å². The van der Waals surface area contributed by atoms with Crippen LogP contribution in [0.2, 0.25) is 0 Å². The van der Waals surface area contributed by atoms with Crippen LogP contribution in [0.5, 0.6) is 0 Å². The predicted octanol–water partition coefficient (Wildman–Crippen LogP) is 4.01. The van der Waals surface area contributed by atoms with Crippen molar-refractivity contribution in [2.24, 2.45) is 5.16 Å². The molecule has 1 N–H and O–H groups in total. The quantitative estimate of drug-likeness (QED) is 0.320. The van der Waals surface area contributed by atoms with Crippen LogP contribution in [0, 0.1) is 0 Å². The van der Waals surface area contributed by atoms with Crippen molar-refractivity contribution in [2.45, 2.75) is 51.9 Å². The maximum atomic E-state index is 8.97. The first-order valence-electron chi connectivity index (χ1n) is 6.50. The van der Waals surface area contributed by atoms with Gasteiger partial charge in [-0.3, -0.25) is 4.98 Å². The molecule has 1 rings (SSSR count). The van der Waals surface area contributed by atoms with Crippen molar-refractivity contribution in [3.63, 3.8) is 0 Å². The van der Waals surface area contributed by atoms with Crippen molar-refractivity contribution < 1.29 is 5.21 Å². The van der Waals surface area contributed by atoms with Gasteiger partial charge in [0.15, 0.2) is 0 Å². The van der Waals surface area contributed by atoms with Crippen LogP contribution >= 0.6 is 0 Å². The van der Waals surface area contributed by atoms with E-state index in [1.54, 1.807) is 6.20 Å². The van der Waals surface area contributed by atoms with Crippen molar-refractivity contribution in [3.8, 4) is 0 Å². The number of nitrogens with zero attached hydrogens (tertiary/aromatic N) is 2. The number of pyridine rings is 1. The first-order chi connectivity index (χ1) is 8.38. The lowest BCUT2D eigenvalue weighted by molar-refractivity contribution is 0.317. The molecule has 1 heterocycles. The van der Waals surface area contributed by atoms with Crippen molar-refractivity contribution in [2.75, 3.05) is 0 Å². The SMILES string of the molecule is CCCCCCCCC(=NO)c1ccccn1. The van der Waals surface area contributed by atoms with Gasteiger partial charge in [0.2, 0.25) is 0 Å². The Hall–Kier alpha value is -1.38. The van der Waals surface area contributed by atoms with Gasteiger partial charge < -0.3 is 5.21 Å². The molecule has 0 spiro atoms. The normalized spacial score (nSPS) is 11.7. The zero-order valence-corrected chi connectivity index (χ0v) is 10.6. The molecule has 1 aromatic heterocycles. The molecule has 0 aliphatic rings. The second-order valence-electron chi connectivity index (χ2n) is 4.28. The van der Waals surface area contributed by atoms with E-state index in [0.717, 1.165) is 18.5 Å². The fourth-order valence-corrected chi connectivity index (χ4v) is 1.84. The topological polar surface area (TPSA) is 45.5 Å². The second kappa shape index (κ2) is 8.74. The van der Waals surface area contributed by atoms with Crippen LogP contribution in [0.1, 0.15) is 57.6 Å². The van der Waals surface area contributed by atoms with Crippen LogP contribution < -0.4 is 0 Å². The molecule has 0 amide bonds. The third-order valence-corrected chi connectivity index (χ3v) is 2.85. The Morgan fingerprint density at radius 2 is 1.94 bits per heavy atom. The van der Waals surface area contributed by atoms with E-state index in [1.807, 2.05) is 18.2 Å². The van der Waals surface area contributed by atoms with Gasteiger partial charge in [0, 0.05) is 6.20 Å². The molecule has 0 atom stereocenters. The minimum absolute atomic E-state index is 0.695. The van der Waals surface area contributed by atoms with Gasteiger partial charge in [-0.15, -0.1) is 0 Å². The van der Waals surface area contributed by atoms with Crippen LogP contribution in [0.25, 0.3) is 0 Å². The predicted molar refractivity (Wildman–Crippen MR) is 70.6 cm³/mol. The minimum atomic E-state index is 0.695. The van der Waals surface area contributed by atoms with E-state index < -0.39 is 0 Å². The van der Waals surface area contributed by atoms with Gasteiger partial charge >= 0.3 is 0 Å². The fraction of sp³-hybridized carbons (Fsp3) is 0.571. The van der Waals surface area contributed by atoms with Crippen LogP contribution in [-0.2, 0) is 0 Å². The minimum Gasteiger partial charge on any atom is -0.411 e. The van der Waals surface area contributed by atoms with Crippen molar-refractivity contribution in [3.05, 3.63) is 30.1 Å². The van der Waals surface area contributed by atoms with E-state index >= 15 is 0 Å². The Morgan fingerprint density at radius 1 is 1.18 bits per heavy atom. The molecule has 0 bridgehead atoms. The molecule has 1 aromatic rings. The van der Waals surface area contributed by atoms with Crippen molar-refractivity contribution in [1.82, 2.24) is 4.98 Å². The second-order valence-corrected chi connectivity index (χ2v) is 4.28. The lowest BCUT2D eigenvalue weighted by Gasteiger charge is -2.03. The van der Waals surface area contributed by atoms with Crippen molar-refractivity contribution >= 4 is 5.71 Å². The van der Waals surface area contributed by atoms with Crippen LogP contribution in [0.15, 0.2) is 29.6 Å². The van der Waals surface area contributed by atoms with Gasteiger partial charge in [0.25, 0.3) is 0 Å². The molecule has 0 aromatic carbocycles. The maximum absolute atomic E-state index is 8.97. The van der Waals surface area contributed by atoms with Gasteiger partial charge in [0.05, 0.1) is 5.69 Å². The molecular weight excluding hydrogens is 212 g/mol. The third-order valence-electron chi connectivity index (χ3n) is 2.85. The standard InChI is InChI=1S/C14H22N2O/c1-2-3-4-5-6-7-11-14(16-17)13-10-8-9-12-15-13/h8-10,12,17H,2-7,11H2,1H3. The van der Waals surface area contributed by atoms with E-state index in [0.29, 0.717) is 5.71 Å². The lowest BCUT2D eigenvalue weighted by atomic mass is 10.1. The molecule has 0 unspecified atom stereocenters. The highest BCUT2D eigenvalue weighted by molar-refractivity contribution is 5.98. The maximum Gasteiger partial charge on any atom is 0.105 e. The molecule has 0 saturated carbocycles. The summed E-state index contributed by atoms with van der Waals surface area (Å²) in [5, 5.41) is 12.3. The Morgan fingerprint density at radius 3 is 2.59 bits per heavy atom. The lowest BCUT2D eigenvalue weighted by Crippen LogP contribution is -2.03. The number of unbranched alkanes of at least 4 members (excludes halogenated alkanes) is 5. The summed E-state index contributed by atoms with van der Waals surface area (Å²) in [7, 11) is 0. The highest BCUT2D eigenvalue weighted by atomic mass is 16.4. The third kappa shape index (κ3) is 5.48. The number of aromatic nitrogens is 1. The number of rotatable bonds is 8. The van der Waals surface area contributed by atoms with E-state index in [9.17, 15) is 0 Å². The number of oxime groups is 1. The zero-order chi connectivity index (χ0) is 12.3. The summed E-state index contributed by atoms with van der Waals surface area (Å²) in [6.07, 6.45) is 9.98. The Balaban J connectivity index is 2.25. The summed E-state index contributed by atoms with van der Waals surface area (Å²) < 4.78 is 0. The van der Waals surface area contributed by atoms with Gasteiger partial charge in [-0.1, -0.05) is 50.2 Å². The molecule has 3 nitrogen and oxygen atoms in total. The van der Waals surface area contributed by atoms with Crippen LogP contribution in [-0.4, -0.2) is 15.9 Å². The molecule has 0 fully saturated rings. The Bertz CT molecular complexity index is 322. The Kier molecular flexibility index (Phi) is 7.03. The molecule has 0 saturated heterocycles. The first kappa shape index (κ1) is 13.7. The zero-order valence-electron chi connectivity index (χ0n) is 10.6. The summed E-state index contributed by atoms with van der Waals surface area (Å²) in [5.74, 6) is 0. The van der Waals surface area contributed by atoms with E-state index in [4.69, 9.17) is 5.21 Å². The molecule has 0 aliphatic carbocycles. The average Bonchev–Trinajstić information content (AvgIpc) is 2.39. The molecule has 3 heteroatoms. The molecule has 0 aliphatic heterocycles. The van der Waals surface area contributed by atoms with Crippen molar-refractivity contribution in [1.29, 1.82) is 0 Å². The van der Waals surface area contributed by atoms with E-state index in [1.165, 1.54) is 32.1 Å². The summed E-state index contributed by atoms with van der Waals surface area (Å²) >= 11 is 0. The van der Waals surface area contributed by atoms with Gasteiger partial charge in [-0.2, -0.15) is 0 Å². The molecule has 94 valence electrons. The molecular formula is C14H22N2O. The highest BCUT2D eigenvalue weighted by Crippen LogP contribution is 2.10. The Labute approximate surface area is 104 Å². The van der Waals surface area contributed by atoms with Gasteiger partial charge in [-0.25, -0.2) is 0 Å². The van der Waals surface area contributed by atoms with Crippen LogP contribution in [0.4, 0.5) is 0 Å². The highest BCUT2D eigenvalue weighted by Gasteiger charge is 2.04. The van der Waals surface area contributed by atoms with E-state index in [2.05, 4.69) is 17.1 Å². The van der Waals surface area contributed by atoms with Gasteiger partial charge in [0.1, 0.15) is 5.71 Å². The fourth-order valence-electron chi connectivity index (χ4n) is 1.84. The first-order valence-corrected chi connectivity index (χ1v) is 6.50.